The van der Waals surface area contributed by atoms with Crippen LogP contribution in [0.2, 0.25) is 5.02 Å². The third-order valence-corrected chi connectivity index (χ3v) is 7.42. The zero-order valence-electron chi connectivity index (χ0n) is 14.0. The second-order valence-electron chi connectivity index (χ2n) is 6.19. The number of pyridine rings is 1. The van der Waals surface area contributed by atoms with Gasteiger partial charge < -0.3 is 0 Å². The van der Waals surface area contributed by atoms with Gasteiger partial charge in [0.25, 0.3) is 0 Å². The highest BCUT2D eigenvalue weighted by atomic mass is 79.9. The number of sulfone groups is 1. The minimum atomic E-state index is -4.67. The number of benzene rings is 1. The Morgan fingerprint density at radius 1 is 1.18 bits per heavy atom. The lowest BCUT2D eigenvalue weighted by molar-refractivity contribution is -0.141. The standard InChI is InChI=1S/C18H12BrClF3NO3S/c19-15-4-1-10(20)7-13(15)14-8-11(25)2-5-16(14)28(26,27)12-3-6-17(24-9-12)18(21,22)23/h1-7,9,14,16H,8H2. The summed E-state index contributed by atoms with van der Waals surface area (Å²) >= 11 is 9.36. The van der Waals surface area contributed by atoms with Gasteiger partial charge in [0.15, 0.2) is 15.6 Å². The van der Waals surface area contributed by atoms with E-state index in [1.165, 1.54) is 12.2 Å². The molecule has 1 heterocycles. The highest BCUT2D eigenvalue weighted by Crippen LogP contribution is 2.39. The van der Waals surface area contributed by atoms with Crippen LogP contribution in [-0.4, -0.2) is 24.4 Å². The number of nitrogens with zero attached hydrogens (tertiary/aromatic N) is 1. The first-order chi connectivity index (χ1) is 13.0. The molecular formula is C18H12BrClF3NO3S. The largest absolute Gasteiger partial charge is 0.433 e. The van der Waals surface area contributed by atoms with Crippen LogP contribution in [0.3, 0.4) is 0 Å². The van der Waals surface area contributed by atoms with Gasteiger partial charge in [0.2, 0.25) is 0 Å². The molecule has 0 amide bonds. The summed E-state index contributed by atoms with van der Waals surface area (Å²) in [7, 11) is -4.11. The van der Waals surface area contributed by atoms with Crippen molar-refractivity contribution in [1.29, 1.82) is 0 Å². The minimum Gasteiger partial charge on any atom is -0.295 e. The fraction of sp³-hybridized carbons (Fsp3) is 0.222. The molecule has 148 valence electrons. The fourth-order valence-electron chi connectivity index (χ4n) is 3.02. The molecule has 1 aliphatic carbocycles. The molecule has 2 aromatic rings. The quantitative estimate of drug-likeness (QED) is 0.604. The van der Waals surface area contributed by atoms with Crippen LogP contribution < -0.4 is 0 Å². The van der Waals surface area contributed by atoms with E-state index in [1.54, 1.807) is 18.2 Å². The predicted molar refractivity (Wildman–Crippen MR) is 101 cm³/mol. The number of rotatable bonds is 3. The highest BCUT2D eigenvalue weighted by molar-refractivity contribution is 9.10. The zero-order chi connectivity index (χ0) is 20.7. The Morgan fingerprint density at radius 3 is 2.50 bits per heavy atom. The van der Waals surface area contributed by atoms with E-state index in [9.17, 15) is 26.4 Å². The summed E-state index contributed by atoms with van der Waals surface area (Å²) in [6.07, 6.45) is -1.63. The lowest BCUT2D eigenvalue weighted by Gasteiger charge is -2.28. The Labute approximate surface area is 172 Å². The number of halogens is 5. The van der Waals surface area contributed by atoms with Crippen LogP contribution in [0.5, 0.6) is 0 Å². The first-order valence-electron chi connectivity index (χ1n) is 7.93. The van der Waals surface area contributed by atoms with E-state index in [0.29, 0.717) is 27.3 Å². The molecule has 0 radical (unpaired) electrons. The summed E-state index contributed by atoms with van der Waals surface area (Å²) in [6, 6.07) is 6.31. The maximum atomic E-state index is 13.1. The molecule has 10 heteroatoms. The van der Waals surface area contributed by atoms with E-state index in [-0.39, 0.29) is 17.1 Å². The summed E-state index contributed by atoms with van der Waals surface area (Å²) in [5.41, 5.74) is -0.659. The molecular weight excluding hydrogens is 483 g/mol. The SMILES string of the molecule is O=C1C=CC(S(=O)(=O)c2ccc(C(F)(F)F)nc2)C(c2cc(Cl)ccc2Br)C1. The number of hydrogen-bond donors (Lipinski definition) is 0. The van der Waals surface area contributed by atoms with Crippen LogP contribution in [0.15, 0.2) is 58.0 Å². The topological polar surface area (TPSA) is 64.1 Å². The fourth-order valence-corrected chi connectivity index (χ4v) is 5.47. The molecule has 0 fully saturated rings. The number of carbonyl (C=O) groups is 1. The van der Waals surface area contributed by atoms with Crippen molar-refractivity contribution in [2.75, 3.05) is 0 Å². The smallest absolute Gasteiger partial charge is 0.295 e. The minimum absolute atomic E-state index is 0.0760. The van der Waals surface area contributed by atoms with Gasteiger partial charge >= 0.3 is 6.18 Å². The van der Waals surface area contributed by atoms with E-state index in [2.05, 4.69) is 20.9 Å². The van der Waals surface area contributed by atoms with Crippen LogP contribution in [0.25, 0.3) is 0 Å². The van der Waals surface area contributed by atoms with E-state index < -0.39 is 32.9 Å². The summed E-state index contributed by atoms with van der Waals surface area (Å²) < 4.78 is 64.9. The average molecular weight is 495 g/mol. The van der Waals surface area contributed by atoms with Gasteiger partial charge in [-0.1, -0.05) is 33.6 Å². The molecule has 28 heavy (non-hydrogen) atoms. The summed E-state index contributed by atoms with van der Waals surface area (Å²) in [6.45, 7) is 0. The van der Waals surface area contributed by atoms with E-state index >= 15 is 0 Å². The highest BCUT2D eigenvalue weighted by Gasteiger charge is 2.39. The van der Waals surface area contributed by atoms with Gasteiger partial charge in [-0.3, -0.25) is 9.78 Å². The van der Waals surface area contributed by atoms with Crippen molar-refractivity contribution in [3.63, 3.8) is 0 Å². The molecule has 0 bridgehead atoms. The van der Waals surface area contributed by atoms with Crippen molar-refractivity contribution < 1.29 is 26.4 Å². The van der Waals surface area contributed by atoms with Crippen molar-refractivity contribution in [3.05, 3.63) is 69.4 Å². The average Bonchev–Trinajstić information content (AvgIpc) is 2.63. The molecule has 2 unspecified atom stereocenters. The Balaban J connectivity index is 2.06. The molecule has 1 aromatic heterocycles. The maximum Gasteiger partial charge on any atom is 0.433 e. The van der Waals surface area contributed by atoms with Gasteiger partial charge in [0.05, 0.1) is 10.1 Å². The third-order valence-electron chi connectivity index (χ3n) is 4.36. The first kappa shape index (κ1) is 21.0. The third kappa shape index (κ3) is 4.16. The molecule has 4 nitrogen and oxygen atoms in total. The second kappa shape index (κ2) is 7.61. The number of alkyl halides is 3. The summed E-state index contributed by atoms with van der Waals surface area (Å²) in [5, 5.41) is -0.786. The Kier molecular flexibility index (Phi) is 5.71. The van der Waals surface area contributed by atoms with Crippen molar-refractivity contribution in [3.8, 4) is 0 Å². The Morgan fingerprint density at radius 2 is 1.89 bits per heavy atom. The molecule has 1 aliphatic rings. The van der Waals surface area contributed by atoms with Crippen molar-refractivity contribution in [2.45, 2.75) is 28.7 Å². The number of carbonyl (C=O) groups excluding carboxylic acids is 1. The van der Waals surface area contributed by atoms with Crippen molar-refractivity contribution >= 4 is 43.2 Å². The van der Waals surface area contributed by atoms with Crippen LogP contribution in [0, 0.1) is 0 Å². The van der Waals surface area contributed by atoms with Crippen LogP contribution in [0.4, 0.5) is 13.2 Å². The zero-order valence-corrected chi connectivity index (χ0v) is 17.1. The first-order valence-corrected chi connectivity index (χ1v) is 10.6. The monoisotopic (exact) mass is 493 g/mol. The Bertz CT molecular complexity index is 1050. The van der Waals surface area contributed by atoms with Gasteiger partial charge in [-0.25, -0.2) is 8.42 Å². The van der Waals surface area contributed by atoms with Crippen molar-refractivity contribution in [2.24, 2.45) is 0 Å². The number of aromatic nitrogens is 1. The van der Waals surface area contributed by atoms with Crippen LogP contribution in [-0.2, 0) is 20.8 Å². The van der Waals surface area contributed by atoms with Gasteiger partial charge in [0, 0.05) is 28.0 Å². The van der Waals surface area contributed by atoms with E-state index in [1.807, 2.05) is 0 Å². The molecule has 0 aliphatic heterocycles. The van der Waals surface area contributed by atoms with Gasteiger partial charge in [0.1, 0.15) is 5.69 Å². The summed E-state index contributed by atoms with van der Waals surface area (Å²) in [5.74, 6) is -1.01. The maximum absolute atomic E-state index is 13.1. The predicted octanol–water partition coefficient (Wildman–Crippen LogP) is 4.97. The van der Waals surface area contributed by atoms with E-state index in [4.69, 9.17) is 11.6 Å². The molecule has 0 N–H and O–H groups in total. The second-order valence-corrected chi connectivity index (χ2v) is 9.58. The molecule has 2 atom stereocenters. The van der Waals surface area contributed by atoms with Crippen LogP contribution >= 0.6 is 27.5 Å². The summed E-state index contributed by atoms with van der Waals surface area (Å²) in [4.78, 5) is 14.8. The molecule has 1 aromatic carbocycles. The van der Waals surface area contributed by atoms with Gasteiger partial charge in [-0.15, -0.1) is 0 Å². The number of ketones is 1. The van der Waals surface area contributed by atoms with Crippen LogP contribution in [0.1, 0.15) is 23.6 Å². The lowest BCUT2D eigenvalue weighted by Crippen LogP contribution is -2.31. The molecule has 0 spiro atoms. The Hall–Kier alpha value is -1.71. The lowest BCUT2D eigenvalue weighted by atomic mass is 9.87. The molecule has 0 saturated heterocycles. The molecule has 0 saturated carbocycles. The van der Waals surface area contributed by atoms with Gasteiger partial charge in [-0.05, 0) is 42.0 Å². The number of hydrogen-bond acceptors (Lipinski definition) is 4. The molecule has 3 rings (SSSR count). The number of allylic oxidation sites excluding steroid dienone is 1. The van der Waals surface area contributed by atoms with Gasteiger partial charge in [-0.2, -0.15) is 13.2 Å². The normalized spacial score (nSPS) is 20.4. The van der Waals surface area contributed by atoms with Crippen molar-refractivity contribution in [1.82, 2.24) is 4.98 Å². The van der Waals surface area contributed by atoms with E-state index in [0.717, 1.165) is 6.07 Å².